The number of hydrogen-bond donors (Lipinski definition) is 1. The Hall–Kier alpha value is -0.0800. The molecule has 2 aliphatic carbocycles. The fourth-order valence-corrected chi connectivity index (χ4v) is 3.43. The fourth-order valence-electron chi connectivity index (χ4n) is 3.43. The van der Waals surface area contributed by atoms with E-state index in [0.29, 0.717) is 0 Å². The smallest absolute Gasteiger partial charge is 0.0249 e. The molecule has 0 bridgehead atoms. The quantitative estimate of drug-likeness (QED) is 0.765. The van der Waals surface area contributed by atoms with Gasteiger partial charge in [-0.3, -0.25) is 0 Å². The molecular formula is C15H30N2. The summed E-state index contributed by atoms with van der Waals surface area (Å²) in [5.74, 6) is 1.99. The maximum absolute atomic E-state index is 3.71. The molecule has 1 N–H and O–H groups in total. The largest absolute Gasteiger partial charge is 0.313 e. The van der Waals surface area contributed by atoms with E-state index in [4.69, 9.17) is 0 Å². The van der Waals surface area contributed by atoms with Gasteiger partial charge < -0.3 is 10.2 Å². The van der Waals surface area contributed by atoms with Gasteiger partial charge in [0.1, 0.15) is 0 Å². The van der Waals surface area contributed by atoms with Gasteiger partial charge in [0.05, 0.1) is 0 Å². The third-order valence-corrected chi connectivity index (χ3v) is 4.78. The summed E-state index contributed by atoms with van der Waals surface area (Å²) in [4.78, 5) is 2.66. The highest BCUT2D eigenvalue weighted by Crippen LogP contribution is 2.34. The van der Waals surface area contributed by atoms with Crippen molar-refractivity contribution in [1.82, 2.24) is 10.2 Å². The van der Waals surface area contributed by atoms with Crippen LogP contribution in [0.5, 0.6) is 0 Å². The Morgan fingerprint density at radius 3 is 2.35 bits per heavy atom. The Kier molecular flexibility index (Phi) is 4.87. The van der Waals surface area contributed by atoms with E-state index in [2.05, 4.69) is 31.1 Å². The summed E-state index contributed by atoms with van der Waals surface area (Å²) in [6.45, 7) is 7.05. The van der Waals surface area contributed by atoms with E-state index in [0.717, 1.165) is 30.5 Å². The molecular weight excluding hydrogens is 208 g/mol. The molecule has 0 saturated heterocycles. The summed E-state index contributed by atoms with van der Waals surface area (Å²) in [5, 5.41) is 3.71. The molecule has 0 spiro atoms. The molecule has 0 heterocycles. The summed E-state index contributed by atoms with van der Waals surface area (Å²) >= 11 is 0. The highest BCUT2D eigenvalue weighted by Gasteiger charge is 2.34. The molecule has 2 fully saturated rings. The average molecular weight is 238 g/mol. The Morgan fingerprint density at radius 1 is 1.06 bits per heavy atom. The second kappa shape index (κ2) is 6.19. The van der Waals surface area contributed by atoms with Crippen molar-refractivity contribution < 1.29 is 0 Å². The molecule has 2 saturated carbocycles. The van der Waals surface area contributed by atoms with Gasteiger partial charge in [-0.1, -0.05) is 20.3 Å². The van der Waals surface area contributed by atoms with Gasteiger partial charge in [-0.2, -0.15) is 0 Å². The maximum atomic E-state index is 3.71. The molecule has 2 rings (SSSR count). The van der Waals surface area contributed by atoms with Crippen molar-refractivity contribution in [3.63, 3.8) is 0 Å². The van der Waals surface area contributed by atoms with Crippen molar-refractivity contribution in [3.05, 3.63) is 0 Å². The highest BCUT2D eigenvalue weighted by molar-refractivity contribution is 4.91. The molecule has 17 heavy (non-hydrogen) atoms. The lowest BCUT2D eigenvalue weighted by Crippen LogP contribution is -2.52. The number of hydrogen-bond acceptors (Lipinski definition) is 2. The summed E-state index contributed by atoms with van der Waals surface area (Å²) in [5.41, 5.74) is 0. The van der Waals surface area contributed by atoms with Crippen molar-refractivity contribution in [3.8, 4) is 0 Å². The first-order valence-corrected chi connectivity index (χ1v) is 7.68. The number of rotatable bonds is 6. The molecule has 0 aliphatic heterocycles. The molecule has 0 aromatic rings. The first-order valence-electron chi connectivity index (χ1n) is 7.68. The zero-order chi connectivity index (χ0) is 12.3. The Bertz CT molecular complexity index is 225. The Balaban J connectivity index is 1.90. The first kappa shape index (κ1) is 13.4. The topological polar surface area (TPSA) is 15.3 Å². The molecule has 2 heteroatoms. The van der Waals surface area contributed by atoms with Crippen LogP contribution in [0.25, 0.3) is 0 Å². The van der Waals surface area contributed by atoms with Gasteiger partial charge in [-0.05, 0) is 57.5 Å². The second-order valence-electron chi connectivity index (χ2n) is 6.20. The third kappa shape index (κ3) is 3.69. The van der Waals surface area contributed by atoms with Crippen LogP contribution in [0.4, 0.5) is 0 Å². The Labute approximate surface area is 107 Å². The zero-order valence-electron chi connectivity index (χ0n) is 11.9. The van der Waals surface area contributed by atoms with Crippen LogP contribution in [0.2, 0.25) is 0 Å². The minimum Gasteiger partial charge on any atom is -0.313 e. The van der Waals surface area contributed by atoms with Crippen LogP contribution in [-0.2, 0) is 0 Å². The molecule has 3 atom stereocenters. The van der Waals surface area contributed by atoms with Crippen LogP contribution in [0.3, 0.4) is 0 Å². The molecule has 2 nitrogen and oxygen atoms in total. The fraction of sp³-hybridized carbons (Fsp3) is 1.00. The molecule has 100 valence electrons. The van der Waals surface area contributed by atoms with Gasteiger partial charge >= 0.3 is 0 Å². The van der Waals surface area contributed by atoms with E-state index >= 15 is 0 Å². The molecule has 0 aromatic heterocycles. The van der Waals surface area contributed by atoms with E-state index < -0.39 is 0 Å². The lowest BCUT2D eigenvalue weighted by atomic mass is 9.80. The number of likely N-dealkylation sites (N-methyl/N-ethyl adjacent to an activating group) is 2. The van der Waals surface area contributed by atoms with Crippen molar-refractivity contribution in [2.24, 2.45) is 11.8 Å². The molecule has 0 aromatic carbocycles. The predicted molar refractivity (Wildman–Crippen MR) is 74.2 cm³/mol. The van der Waals surface area contributed by atoms with Crippen LogP contribution < -0.4 is 5.32 Å². The zero-order valence-corrected chi connectivity index (χ0v) is 11.9. The van der Waals surface area contributed by atoms with Crippen LogP contribution in [0, 0.1) is 11.8 Å². The van der Waals surface area contributed by atoms with Crippen LogP contribution >= 0.6 is 0 Å². The molecule has 2 aliphatic rings. The lowest BCUT2D eigenvalue weighted by Gasteiger charge is -2.41. The van der Waals surface area contributed by atoms with Crippen molar-refractivity contribution in [2.75, 3.05) is 20.1 Å². The summed E-state index contributed by atoms with van der Waals surface area (Å²) < 4.78 is 0. The summed E-state index contributed by atoms with van der Waals surface area (Å²) in [6, 6.07) is 1.53. The van der Waals surface area contributed by atoms with E-state index in [1.165, 1.54) is 45.1 Å². The van der Waals surface area contributed by atoms with Gasteiger partial charge in [0.15, 0.2) is 0 Å². The van der Waals surface area contributed by atoms with Gasteiger partial charge in [0.2, 0.25) is 0 Å². The summed E-state index contributed by atoms with van der Waals surface area (Å²) in [6.07, 6.45) is 8.54. The third-order valence-electron chi connectivity index (χ3n) is 4.78. The number of nitrogens with one attached hydrogen (secondary N) is 1. The van der Waals surface area contributed by atoms with Gasteiger partial charge in [0.25, 0.3) is 0 Å². The van der Waals surface area contributed by atoms with Crippen molar-refractivity contribution >= 4 is 0 Å². The van der Waals surface area contributed by atoms with Crippen LogP contribution in [0.15, 0.2) is 0 Å². The minimum absolute atomic E-state index is 0.742. The lowest BCUT2D eigenvalue weighted by molar-refractivity contribution is 0.115. The van der Waals surface area contributed by atoms with E-state index in [1.807, 2.05) is 0 Å². The highest BCUT2D eigenvalue weighted by atomic mass is 15.2. The Morgan fingerprint density at radius 2 is 1.76 bits per heavy atom. The second-order valence-corrected chi connectivity index (χ2v) is 6.20. The van der Waals surface area contributed by atoms with Gasteiger partial charge in [-0.15, -0.1) is 0 Å². The molecule has 0 radical (unpaired) electrons. The standard InChI is InChI=1S/C15H30N2/c1-4-12-8-9-14(16-5-2)15(10-12)17(3)11-13-6-7-13/h12-16H,4-11H2,1-3H3. The maximum Gasteiger partial charge on any atom is 0.0249 e. The molecule has 3 unspecified atom stereocenters. The molecule has 0 amide bonds. The van der Waals surface area contributed by atoms with Crippen molar-refractivity contribution in [2.45, 2.75) is 64.5 Å². The van der Waals surface area contributed by atoms with Crippen molar-refractivity contribution in [1.29, 1.82) is 0 Å². The minimum atomic E-state index is 0.742. The first-order chi connectivity index (χ1) is 8.24. The predicted octanol–water partition coefficient (Wildman–Crippen LogP) is 2.89. The van der Waals surface area contributed by atoms with Crippen LogP contribution in [0.1, 0.15) is 52.4 Å². The SMILES string of the molecule is CCNC1CCC(CC)CC1N(C)CC1CC1. The average Bonchev–Trinajstić information content (AvgIpc) is 3.13. The monoisotopic (exact) mass is 238 g/mol. The number of nitrogens with zero attached hydrogens (tertiary/aromatic N) is 1. The summed E-state index contributed by atoms with van der Waals surface area (Å²) in [7, 11) is 2.35. The normalized spacial score (nSPS) is 34.2. The van der Waals surface area contributed by atoms with E-state index in [9.17, 15) is 0 Å². The van der Waals surface area contributed by atoms with E-state index in [-0.39, 0.29) is 0 Å². The van der Waals surface area contributed by atoms with Crippen LogP contribution in [-0.4, -0.2) is 37.1 Å². The van der Waals surface area contributed by atoms with Gasteiger partial charge in [-0.25, -0.2) is 0 Å². The van der Waals surface area contributed by atoms with Gasteiger partial charge in [0, 0.05) is 18.6 Å². The van der Waals surface area contributed by atoms with E-state index in [1.54, 1.807) is 0 Å².